The number of rotatable bonds is 1. The average Bonchev–Trinajstić information content (AvgIpc) is 2.73. The summed E-state index contributed by atoms with van der Waals surface area (Å²) in [5, 5.41) is 0. The van der Waals surface area contributed by atoms with Crippen molar-refractivity contribution in [1.82, 2.24) is 9.55 Å². The molecular weight excluding hydrogens is 294 g/mol. The zero-order chi connectivity index (χ0) is 13.4. The summed E-state index contributed by atoms with van der Waals surface area (Å²) in [5.74, 6) is 2.83. The second kappa shape index (κ2) is 11.8. The molecule has 1 atom stereocenters. The third-order valence-electron chi connectivity index (χ3n) is 3.00. The molecule has 0 spiro atoms. The number of fused-ring (bicyclic) bond motifs is 1. The number of nitrogens with zero attached hydrogens (tertiary/aromatic N) is 2. The number of aryl methyl sites for hydroxylation is 2. The van der Waals surface area contributed by atoms with Gasteiger partial charge in [0, 0.05) is 0 Å². The maximum absolute atomic E-state index is 4.45. The molecule has 0 fully saturated rings. The minimum Gasteiger partial charge on any atom is -0.498 e. The van der Waals surface area contributed by atoms with Crippen molar-refractivity contribution >= 4 is 0 Å². The van der Waals surface area contributed by atoms with E-state index in [1.807, 2.05) is 34.6 Å². The number of hydrogen-bond acceptors (Lipinski definition) is 1. The fraction of sp³-hybridized carbons (Fsp3) is 0.800. The molecule has 2 nitrogen and oxygen atoms in total. The van der Waals surface area contributed by atoms with Crippen LogP contribution in [0.3, 0.4) is 0 Å². The molecule has 0 aromatic carbocycles. The molecule has 1 unspecified atom stereocenters. The maximum Gasteiger partial charge on any atom is 1.00 e. The molecule has 3 heteroatoms. The molecule has 1 aliphatic heterocycles. The standard InChI is InChI=1S/C11H17N2.2C2H6.Rb/c1-8(2)10-4-5-11-12-9(3)6-13(11)7-10;2*1-2;/h8,10H,4-5,7H2,1-3H3;2*1-2H3;/q-1;;;+1. The van der Waals surface area contributed by atoms with Gasteiger partial charge in [-0.05, 0) is 31.1 Å². The molecular formula is C15H29N2Rb. The van der Waals surface area contributed by atoms with Crippen molar-refractivity contribution in [1.29, 1.82) is 0 Å². The Hall–Kier alpha value is 1.02. The van der Waals surface area contributed by atoms with Crippen molar-refractivity contribution < 1.29 is 58.2 Å². The van der Waals surface area contributed by atoms with E-state index >= 15 is 0 Å². The fourth-order valence-corrected chi connectivity index (χ4v) is 2.07. The summed E-state index contributed by atoms with van der Waals surface area (Å²) in [6.07, 6.45) is 5.71. The van der Waals surface area contributed by atoms with Crippen LogP contribution in [0.2, 0.25) is 0 Å². The Morgan fingerprint density at radius 1 is 1.22 bits per heavy atom. The smallest absolute Gasteiger partial charge is 0.498 e. The Morgan fingerprint density at radius 2 is 1.78 bits per heavy atom. The van der Waals surface area contributed by atoms with Gasteiger partial charge in [-0.3, -0.25) is 0 Å². The number of imidazole rings is 1. The average molecular weight is 323 g/mol. The minimum atomic E-state index is 0. The molecule has 18 heavy (non-hydrogen) atoms. The van der Waals surface area contributed by atoms with E-state index in [-0.39, 0.29) is 58.2 Å². The van der Waals surface area contributed by atoms with Crippen molar-refractivity contribution in [2.75, 3.05) is 0 Å². The van der Waals surface area contributed by atoms with Crippen LogP contribution in [0, 0.1) is 25.0 Å². The minimum absolute atomic E-state index is 0. The quantitative estimate of drug-likeness (QED) is 0.712. The summed E-state index contributed by atoms with van der Waals surface area (Å²) in [7, 11) is 0. The van der Waals surface area contributed by atoms with Crippen LogP contribution in [-0.2, 0) is 13.0 Å². The van der Waals surface area contributed by atoms with Gasteiger partial charge in [0.2, 0.25) is 0 Å². The first-order chi connectivity index (χ1) is 8.16. The summed E-state index contributed by atoms with van der Waals surface area (Å²) in [6.45, 7) is 15.8. The van der Waals surface area contributed by atoms with Crippen LogP contribution < -0.4 is 58.2 Å². The molecule has 1 aliphatic rings. The van der Waals surface area contributed by atoms with Crippen molar-refractivity contribution in [2.24, 2.45) is 11.8 Å². The fourth-order valence-electron chi connectivity index (χ4n) is 2.07. The molecule has 0 radical (unpaired) electrons. The molecule has 0 aliphatic carbocycles. The van der Waals surface area contributed by atoms with Crippen molar-refractivity contribution in [3.8, 4) is 0 Å². The maximum atomic E-state index is 4.45. The van der Waals surface area contributed by atoms with Gasteiger partial charge >= 0.3 is 58.2 Å². The van der Waals surface area contributed by atoms with Crippen LogP contribution in [0.25, 0.3) is 0 Å². The van der Waals surface area contributed by atoms with Crippen LogP contribution in [0.5, 0.6) is 0 Å². The van der Waals surface area contributed by atoms with E-state index in [2.05, 4.69) is 29.6 Å². The van der Waals surface area contributed by atoms with E-state index in [0.29, 0.717) is 0 Å². The Bertz CT molecular complexity index is 305. The van der Waals surface area contributed by atoms with Crippen LogP contribution in [0.1, 0.15) is 59.5 Å². The summed E-state index contributed by atoms with van der Waals surface area (Å²) < 4.78 is 2.21. The van der Waals surface area contributed by atoms with E-state index < -0.39 is 0 Å². The molecule has 2 rings (SSSR count). The summed E-state index contributed by atoms with van der Waals surface area (Å²) in [5.41, 5.74) is 1.04. The van der Waals surface area contributed by atoms with Gasteiger partial charge in [-0.15, -0.1) is 6.20 Å². The monoisotopic (exact) mass is 322 g/mol. The summed E-state index contributed by atoms with van der Waals surface area (Å²) in [6, 6.07) is 0. The molecule has 1 aromatic rings. The first kappa shape index (κ1) is 21.3. The molecule has 1 aromatic heterocycles. The Balaban J connectivity index is 0. The normalized spacial score (nSPS) is 16.6. The zero-order valence-electron chi connectivity index (χ0n) is 13.7. The zero-order valence-corrected chi connectivity index (χ0v) is 18.6. The van der Waals surface area contributed by atoms with Gasteiger partial charge in [-0.2, -0.15) is 0 Å². The van der Waals surface area contributed by atoms with E-state index in [9.17, 15) is 0 Å². The van der Waals surface area contributed by atoms with Gasteiger partial charge in [-0.1, -0.05) is 60.1 Å². The summed E-state index contributed by atoms with van der Waals surface area (Å²) in [4.78, 5) is 4.45. The first-order valence-electron chi connectivity index (χ1n) is 7.12. The second-order valence-corrected chi connectivity index (χ2v) is 4.38. The topological polar surface area (TPSA) is 17.8 Å². The van der Waals surface area contributed by atoms with Gasteiger partial charge in [0.05, 0.1) is 0 Å². The van der Waals surface area contributed by atoms with Gasteiger partial charge < -0.3 is 9.55 Å². The Kier molecular flexibility index (Phi) is 14.0. The molecule has 2 heterocycles. The Morgan fingerprint density at radius 3 is 2.28 bits per heavy atom. The molecule has 0 amide bonds. The first-order valence-corrected chi connectivity index (χ1v) is 7.12. The van der Waals surface area contributed by atoms with E-state index in [0.717, 1.165) is 30.5 Å². The summed E-state index contributed by atoms with van der Waals surface area (Å²) >= 11 is 0. The molecule has 0 bridgehead atoms. The van der Waals surface area contributed by atoms with Crippen LogP contribution in [-0.4, -0.2) is 9.55 Å². The van der Waals surface area contributed by atoms with Gasteiger partial charge in [0.15, 0.2) is 0 Å². The van der Waals surface area contributed by atoms with Crippen molar-refractivity contribution in [3.05, 3.63) is 17.7 Å². The van der Waals surface area contributed by atoms with Crippen LogP contribution in [0.4, 0.5) is 0 Å². The molecule has 0 saturated carbocycles. The number of aromatic nitrogens is 2. The second-order valence-electron chi connectivity index (χ2n) is 4.38. The molecule has 0 saturated heterocycles. The van der Waals surface area contributed by atoms with Crippen LogP contribution >= 0.6 is 0 Å². The largest absolute Gasteiger partial charge is 1.00 e. The Labute approximate surface area is 163 Å². The van der Waals surface area contributed by atoms with Gasteiger partial charge in [0.1, 0.15) is 0 Å². The SMILES string of the molecule is CC.CC.Cc1[c-]n2c(n1)CCC(C(C)C)C2.[Rb+]. The van der Waals surface area contributed by atoms with E-state index in [1.54, 1.807) is 0 Å². The van der Waals surface area contributed by atoms with Crippen molar-refractivity contribution in [2.45, 2.75) is 67.9 Å². The predicted molar refractivity (Wildman–Crippen MR) is 75.1 cm³/mol. The third-order valence-corrected chi connectivity index (χ3v) is 3.00. The van der Waals surface area contributed by atoms with Gasteiger partial charge in [-0.25, -0.2) is 0 Å². The van der Waals surface area contributed by atoms with E-state index in [1.165, 1.54) is 12.2 Å². The van der Waals surface area contributed by atoms with Crippen molar-refractivity contribution in [3.63, 3.8) is 0 Å². The van der Waals surface area contributed by atoms with Gasteiger partial charge in [0.25, 0.3) is 0 Å². The predicted octanol–water partition coefficient (Wildman–Crippen LogP) is 1.27. The van der Waals surface area contributed by atoms with E-state index in [4.69, 9.17) is 0 Å². The van der Waals surface area contributed by atoms with Crippen LogP contribution in [0.15, 0.2) is 0 Å². The third kappa shape index (κ3) is 6.45. The number of hydrogen-bond donors (Lipinski definition) is 0. The molecule has 100 valence electrons. The molecule has 0 N–H and O–H groups in total.